The summed E-state index contributed by atoms with van der Waals surface area (Å²) in [4.78, 5) is 7.67. The summed E-state index contributed by atoms with van der Waals surface area (Å²) in [6, 6.07) is 3.98. The minimum atomic E-state index is 0.569. The van der Waals surface area contributed by atoms with Crippen molar-refractivity contribution in [1.29, 1.82) is 0 Å². The molecule has 3 rings (SSSR count). The van der Waals surface area contributed by atoms with Crippen LogP contribution in [-0.4, -0.2) is 23.1 Å². The van der Waals surface area contributed by atoms with Gasteiger partial charge in [0.1, 0.15) is 5.65 Å². The SMILES string of the molecule is Clc1ccnc2[nH]c([C@H]3CCCNC3)cc12. The maximum atomic E-state index is 6.13. The van der Waals surface area contributed by atoms with E-state index in [9.17, 15) is 0 Å². The summed E-state index contributed by atoms with van der Waals surface area (Å²) >= 11 is 6.13. The summed E-state index contributed by atoms with van der Waals surface area (Å²) in [5.74, 6) is 0.569. The molecule has 4 heteroatoms. The minimum absolute atomic E-state index is 0.569. The van der Waals surface area contributed by atoms with Crippen LogP contribution in [-0.2, 0) is 0 Å². The monoisotopic (exact) mass is 235 g/mol. The van der Waals surface area contributed by atoms with Gasteiger partial charge in [0.05, 0.1) is 5.02 Å². The fraction of sp³-hybridized carbons (Fsp3) is 0.417. The molecular formula is C12H14ClN3. The van der Waals surface area contributed by atoms with Gasteiger partial charge in [0.25, 0.3) is 0 Å². The van der Waals surface area contributed by atoms with Crippen LogP contribution in [0.3, 0.4) is 0 Å². The Morgan fingerprint density at radius 3 is 3.12 bits per heavy atom. The quantitative estimate of drug-likeness (QED) is 0.798. The number of fused-ring (bicyclic) bond motifs is 1. The Balaban J connectivity index is 2.01. The second-order valence-electron chi connectivity index (χ2n) is 4.32. The van der Waals surface area contributed by atoms with Crippen LogP contribution in [0.25, 0.3) is 11.0 Å². The summed E-state index contributed by atoms with van der Waals surface area (Å²) in [7, 11) is 0. The second kappa shape index (κ2) is 4.07. The van der Waals surface area contributed by atoms with Gasteiger partial charge in [-0.05, 0) is 31.5 Å². The number of hydrogen-bond acceptors (Lipinski definition) is 2. The summed E-state index contributed by atoms with van der Waals surface area (Å²) in [5, 5.41) is 5.23. The first-order chi connectivity index (χ1) is 7.84. The van der Waals surface area contributed by atoms with E-state index in [1.165, 1.54) is 18.5 Å². The number of pyridine rings is 1. The van der Waals surface area contributed by atoms with E-state index < -0.39 is 0 Å². The van der Waals surface area contributed by atoms with Crippen molar-refractivity contribution in [2.45, 2.75) is 18.8 Å². The molecule has 1 aliphatic heterocycles. The molecule has 1 atom stereocenters. The van der Waals surface area contributed by atoms with Crippen molar-refractivity contribution < 1.29 is 0 Å². The van der Waals surface area contributed by atoms with Gasteiger partial charge in [-0.1, -0.05) is 11.6 Å². The van der Waals surface area contributed by atoms with Crippen molar-refractivity contribution in [3.8, 4) is 0 Å². The second-order valence-corrected chi connectivity index (χ2v) is 4.73. The van der Waals surface area contributed by atoms with E-state index in [0.29, 0.717) is 5.92 Å². The van der Waals surface area contributed by atoms with Gasteiger partial charge < -0.3 is 10.3 Å². The van der Waals surface area contributed by atoms with Gasteiger partial charge >= 0.3 is 0 Å². The highest BCUT2D eigenvalue weighted by Gasteiger charge is 2.17. The first-order valence-electron chi connectivity index (χ1n) is 5.68. The molecule has 0 aromatic carbocycles. The van der Waals surface area contributed by atoms with Crippen LogP contribution < -0.4 is 5.32 Å². The van der Waals surface area contributed by atoms with E-state index in [1.54, 1.807) is 6.20 Å². The Morgan fingerprint density at radius 1 is 1.44 bits per heavy atom. The smallest absolute Gasteiger partial charge is 0.138 e. The lowest BCUT2D eigenvalue weighted by Crippen LogP contribution is -2.28. The van der Waals surface area contributed by atoms with Crippen molar-refractivity contribution in [1.82, 2.24) is 15.3 Å². The maximum Gasteiger partial charge on any atom is 0.138 e. The number of nitrogens with zero attached hydrogens (tertiary/aromatic N) is 1. The van der Waals surface area contributed by atoms with Crippen molar-refractivity contribution >= 4 is 22.6 Å². The van der Waals surface area contributed by atoms with Gasteiger partial charge in [0, 0.05) is 29.7 Å². The summed E-state index contributed by atoms with van der Waals surface area (Å²) in [6.45, 7) is 2.18. The third-order valence-electron chi connectivity index (χ3n) is 3.24. The number of piperidine rings is 1. The summed E-state index contributed by atoms with van der Waals surface area (Å²) in [6.07, 6.45) is 4.21. The average Bonchev–Trinajstić information content (AvgIpc) is 2.76. The third-order valence-corrected chi connectivity index (χ3v) is 3.57. The molecule has 2 aromatic heterocycles. The topological polar surface area (TPSA) is 40.7 Å². The Hall–Kier alpha value is -1.06. The molecule has 1 aliphatic rings. The van der Waals surface area contributed by atoms with Crippen LogP contribution >= 0.6 is 11.6 Å². The molecule has 1 saturated heterocycles. The highest BCUT2D eigenvalue weighted by Crippen LogP contribution is 2.28. The molecule has 16 heavy (non-hydrogen) atoms. The zero-order valence-corrected chi connectivity index (χ0v) is 9.72. The van der Waals surface area contributed by atoms with Crippen molar-refractivity contribution in [3.63, 3.8) is 0 Å². The molecule has 3 heterocycles. The molecule has 0 spiro atoms. The maximum absolute atomic E-state index is 6.13. The first kappa shape index (κ1) is 10.1. The van der Waals surface area contributed by atoms with Gasteiger partial charge in [-0.2, -0.15) is 0 Å². The molecular weight excluding hydrogens is 222 g/mol. The average molecular weight is 236 g/mol. The Labute approximate surface area is 99.2 Å². The number of nitrogens with one attached hydrogen (secondary N) is 2. The Morgan fingerprint density at radius 2 is 2.38 bits per heavy atom. The molecule has 0 radical (unpaired) electrons. The minimum Gasteiger partial charge on any atom is -0.343 e. The molecule has 1 fully saturated rings. The summed E-state index contributed by atoms with van der Waals surface area (Å²) in [5.41, 5.74) is 2.15. The fourth-order valence-corrected chi connectivity index (χ4v) is 2.55. The predicted molar refractivity (Wildman–Crippen MR) is 65.9 cm³/mol. The van der Waals surface area contributed by atoms with Gasteiger partial charge in [0.15, 0.2) is 0 Å². The third kappa shape index (κ3) is 1.70. The largest absolute Gasteiger partial charge is 0.343 e. The number of halogens is 1. The van der Waals surface area contributed by atoms with E-state index in [2.05, 4.69) is 21.4 Å². The van der Waals surface area contributed by atoms with E-state index in [1.807, 2.05) is 6.07 Å². The van der Waals surface area contributed by atoms with Crippen molar-refractivity contribution in [2.24, 2.45) is 0 Å². The van der Waals surface area contributed by atoms with Gasteiger partial charge in [-0.3, -0.25) is 0 Å². The van der Waals surface area contributed by atoms with Gasteiger partial charge in [0.2, 0.25) is 0 Å². The lowest BCUT2D eigenvalue weighted by Gasteiger charge is -2.21. The highest BCUT2D eigenvalue weighted by molar-refractivity contribution is 6.35. The number of H-pyrrole nitrogens is 1. The standard InChI is InChI=1S/C12H14ClN3/c13-10-3-5-15-12-9(10)6-11(16-12)8-2-1-4-14-7-8/h3,5-6,8,14H,1-2,4,7H2,(H,15,16)/t8-/m0/s1. The summed E-state index contributed by atoms with van der Waals surface area (Å²) < 4.78 is 0. The van der Waals surface area contributed by atoms with Crippen LogP contribution in [0.4, 0.5) is 0 Å². The molecule has 2 aromatic rings. The van der Waals surface area contributed by atoms with Crippen LogP contribution in [0, 0.1) is 0 Å². The van der Waals surface area contributed by atoms with E-state index in [0.717, 1.165) is 29.1 Å². The fourth-order valence-electron chi connectivity index (χ4n) is 2.35. The number of aromatic amines is 1. The van der Waals surface area contributed by atoms with Gasteiger partial charge in [-0.15, -0.1) is 0 Å². The number of rotatable bonds is 1. The normalized spacial score (nSPS) is 21.4. The molecule has 0 aliphatic carbocycles. The molecule has 84 valence electrons. The van der Waals surface area contributed by atoms with E-state index >= 15 is 0 Å². The molecule has 0 unspecified atom stereocenters. The molecule has 0 bridgehead atoms. The van der Waals surface area contributed by atoms with Crippen LogP contribution in [0.1, 0.15) is 24.5 Å². The Kier molecular flexibility index (Phi) is 2.58. The Bertz CT molecular complexity index is 500. The van der Waals surface area contributed by atoms with E-state index in [4.69, 9.17) is 11.6 Å². The highest BCUT2D eigenvalue weighted by atomic mass is 35.5. The van der Waals surface area contributed by atoms with Crippen LogP contribution in [0.2, 0.25) is 5.02 Å². The lowest BCUT2D eigenvalue weighted by molar-refractivity contribution is 0.456. The zero-order valence-electron chi connectivity index (χ0n) is 8.96. The predicted octanol–water partition coefficient (Wildman–Crippen LogP) is 2.68. The zero-order chi connectivity index (χ0) is 11.0. The molecule has 3 nitrogen and oxygen atoms in total. The van der Waals surface area contributed by atoms with E-state index in [-0.39, 0.29) is 0 Å². The lowest BCUT2D eigenvalue weighted by atomic mass is 9.96. The molecule has 0 amide bonds. The molecule has 2 N–H and O–H groups in total. The van der Waals surface area contributed by atoms with Crippen LogP contribution in [0.5, 0.6) is 0 Å². The van der Waals surface area contributed by atoms with Crippen molar-refractivity contribution in [3.05, 3.63) is 29.0 Å². The van der Waals surface area contributed by atoms with Crippen LogP contribution in [0.15, 0.2) is 18.3 Å². The van der Waals surface area contributed by atoms with Crippen molar-refractivity contribution in [2.75, 3.05) is 13.1 Å². The number of aromatic nitrogens is 2. The number of hydrogen-bond donors (Lipinski definition) is 2. The first-order valence-corrected chi connectivity index (χ1v) is 6.06. The molecule has 0 saturated carbocycles. The van der Waals surface area contributed by atoms with Gasteiger partial charge in [-0.25, -0.2) is 4.98 Å².